The summed E-state index contributed by atoms with van der Waals surface area (Å²) < 4.78 is 21.5. The highest BCUT2D eigenvalue weighted by molar-refractivity contribution is 6.33. The number of carbonyl (C=O) groups excluding carboxylic acids is 1. The van der Waals surface area contributed by atoms with E-state index in [0.29, 0.717) is 57.5 Å². The lowest BCUT2D eigenvalue weighted by atomic mass is 10.1. The Morgan fingerprint density at radius 1 is 1.00 bits per heavy atom. The number of methoxy groups -OCH3 is 2. The first-order chi connectivity index (χ1) is 14.9. The second kappa shape index (κ2) is 11.3. The first kappa shape index (κ1) is 24.2. The van der Waals surface area contributed by atoms with Crippen molar-refractivity contribution in [3.05, 3.63) is 45.4 Å². The van der Waals surface area contributed by atoms with Crippen molar-refractivity contribution in [1.29, 1.82) is 5.26 Å². The lowest BCUT2D eigenvalue weighted by Crippen LogP contribution is -2.14. The van der Waals surface area contributed by atoms with Crippen molar-refractivity contribution in [2.24, 2.45) is 0 Å². The van der Waals surface area contributed by atoms with Gasteiger partial charge in [0.1, 0.15) is 23.1 Å². The summed E-state index contributed by atoms with van der Waals surface area (Å²) in [4.78, 5) is 12.7. The van der Waals surface area contributed by atoms with Gasteiger partial charge in [-0.05, 0) is 37.6 Å². The normalized spacial score (nSPS) is 10.8. The third-order valence-electron chi connectivity index (χ3n) is 4.02. The molecule has 164 valence electrons. The van der Waals surface area contributed by atoms with Gasteiger partial charge in [0.15, 0.2) is 11.5 Å². The Labute approximate surface area is 191 Å². The zero-order valence-corrected chi connectivity index (χ0v) is 19.1. The molecule has 0 saturated carbocycles. The number of amides is 1. The predicted molar refractivity (Wildman–Crippen MR) is 121 cm³/mol. The van der Waals surface area contributed by atoms with Crippen LogP contribution in [0.15, 0.2) is 29.8 Å². The molecule has 7 nitrogen and oxygen atoms in total. The molecular weight excluding hydrogens is 443 g/mol. The molecule has 2 rings (SSSR count). The van der Waals surface area contributed by atoms with Gasteiger partial charge in [-0.25, -0.2) is 0 Å². The lowest BCUT2D eigenvalue weighted by molar-refractivity contribution is -0.112. The van der Waals surface area contributed by atoms with E-state index in [1.165, 1.54) is 32.4 Å². The van der Waals surface area contributed by atoms with Crippen molar-refractivity contribution in [2.75, 3.05) is 32.8 Å². The molecule has 31 heavy (non-hydrogen) atoms. The van der Waals surface area contributed by atoms with Crippen molar-refractivity contribution in [3.63, 3.8) is 0 Å². The second-order valence-electron chi connectivity index (χ2n) is 6.01. The van der Waals surface area contributed by atoms with Gasteiger partial charge < -0.3 is 24.3 Å². The molecule has 1 amide bonds. The molecule has 0 atom stereocenters. The molecular formula is C22H22Cl2N2O5. The molecule has 0 unspecified atom stereocenters. The minimum atomic E-state index is -0.645. The SMILES string of the molecule is CCOc1cc(/C=C(\C#N)C(=O)Nc2cc(OC)c(Cl)cc2OC)cc(Cl)c1OCC. The van der Waals surface area contributed by atoms with Gasteiger partial charge in [-0.3, -0.25) is 4.79 Å². The number of hydrogen-bond donors (Lipinski definition) is 1. The van der Waals surface area contributed by atoms with E-state index in [2.05, 4.69) is 5.32 Å². The van der Waals surface area contributed by atoms with E-state index in [1.54, 1.807) is 12.1 Å². The fourth-order valence-electron chi connectivity index (χ4n) is 2.68. The van der Waals surface area contributed by atoms with Crippen LogP contribution in [-0.2, 0) is 4.79 Å². The van der Waals surface area contributed by atoms with Crippen LogP contribution < -0.4 is 24.3 Å². The number of rotatable bonds is 9. The Balaban J connectivity index is 2.40. The zero-order valence-electron chi connectivity index (χ0n) is 17.5. The smallest absolute Gasteiger partial charge is 0.266 e. The van der Waals surface area contributed by atoms with E-state index in [4.69, 9.17) is 42.1 Å². The van der Waals surface area contributed by atoms with Crippen LogP contribution in [0.3, 0.4) is 0 Å². The van der Waals surface area contributed by atoms with Gasteiger partial charge in [-0.2, -0.15) is 5.26 Å². The number of halogens is 2. The van der Waals surface area contributed by atoms with Gasteiger partial charge in [-0.15, -0.1) is 0 Å². The summed E-state index contributed by atoms with van der Waals surface area (Å²) in [7, 11) is 2.89. The van der Waals surface area contributed by atoms with Crippen LogP contribution in [-0.4, -0.2) is 33.3 Å². The number of anilines is 1. The first-order valence-electron chi connectivity index (χ1n) is 9.32. The average molecular weight is 465 g/mol. The Kier molecular flexibility index (Phi) is 8.86. The maximum atomic E-state index is 12.7. The van der Waals surface area contributed by atoms with Crippen LogP contribution in [0.4, 0.5) is 5.69 Å². The molecule has 0 aliphatic carbocycles. The maximum Gasteiger partial charge on any atom is 0.266 e. The van der Waals surface area contributed by atoms with Gasteiger partial charge in [0.25, 0.3) is 5.91 Å². The molecule has 0 heterocycles. The van der Waals surface area contributed by atoms with Gasteiger partial charge >= 0.3 is 0 Å². The highest BCUT2D eigenvalue weighted by atomic mass is 35.5. The summed E-state index contributed by atoms with van der Waals surface area (Å²) in [5.74, 6) is 0.848. The third-order valence-corrected chi connectivity index (χ3v) is 4.59. The van der Waals surface area contributed by atoms with Gasteiger partial charge in [-0.1, -0.05) is 23.2 Å². The topological polar surface area (TPSA) is 89.8 Å². The Morgan fingerprint density at radius 3 is 2.26 bits per heavy atom. The van der Waals surface area contributed by atoms with Crippen molar-refractivity contribution in [3.8, 4) is 29.1 Å². The van der Waals surface area contributed by atoms with E-state index >= 15 is 0 Å². The molecule has 0 radical (unpaired) electrons. The van der Waals surface area contributed by atoms with Crippen LogP contribution in [0.5, 0.6) is 23.0 Å². The molecule has 2 aromatic rings. The number of hydrogen-bond acceptors (Lipinski definition) is 6. The molecule has 9 heteroatoms. The fourth-order valence-corrected chi connectivity index (χ4v) is 3.19. The quantitative estimate of drug-likeness (QED) is 0.397. The Morgan fingerprint density at radius 2 is 1.68 bits per heavy atom. The van der Waals surface area contributed by atoms with Gasteiger partial charge in [0, 0.05) is 12.1 Å². The van der Waals surface area contributed by atoms with E-state index < -0.39 is 5.91 Å². The molecule has 0 fully saturated rings. The third kappa shape index (κ3) is 5.97. The first-order valence-corrected chi connectivity index (χ1v) is 10.1. The summed E-state index contributed by atoms with van der Waals surface area (Å²) >= 11 is 12.4. The number of nitrogens with zero attached hydrogens (tertiary/aromatic N) is 1. The molecule has 2 aromatic carbocycles. The molecule has 0 aromatic heterocycles. The van der Waals surface area contributed by atoms with E-state index in [1.807, 2.05) is 19.9 Å². The van der Waals surface area contributed by atoms with Crippen molar-refractivity contribution < 1.29 is 23.7 Å². The molecule has 0 spiro atoms. The molecule has 0 bridgehead atoms. The van der Waals surface area contributed by atoms with Crippen LogP contribution in [0.1, 0.15) is 19.4 Å². The molecule has 0 aliphatic heterocycles. The van der Waals surface area contributed by atoms with Gasteiger partial charge in [0.2, 0.25) is 0 Å². The summed E-state index contributed by atoms with van der Waals surface area (Å²) in [5, 5.41) is 12.8. The van der Waals surface area contributed by atoms with E-state index in [9.17, 15) is 10.1 Å². The van der Waals surface area contributed by atoms with Crippen molar-refractivity contribution in [1.82, 2.24) is 0 Å². The zero-order chi connectivity index (χ0) is 23.0. The van der Waals surface area contributed by atoms with Crippen LogP contribution >= 0.6 is 23.2 Å². The highest BCUT2D eigenvalue weighted by Crippen LogP contribution is 2.38. The standard InChI is InChI=1S/C22H22Cl2N2O5/c1-5-30-20-9-13(8-16(24)21(20)31-6-2)7-14(12-25)22(27)26-17-11-18(28-3)15(23)10-19(17)29-4/h7-11H,5-6H2,1-4H3,(H,26,27)/b14-7+. The summed E-state index contributed by atoms with van der Waals surface area (Å²) in [6, 6.07) is 8.15. The largest absolute Gasteiger partial charge is 0.495 e. The van der Waals surface area contributed by atoms with Crippen molar-refractivity contribution >= 4 is 40.9 Å². The molecule has 1 N–H and O–H groups in total. The minimum absolute atomic E-state index is 0.154. The van der Waals surface area contributed by atoms with Crippen LogP contribution in [0.25, 0.3) is 6.08 Å². The van der Waals surface area contributed by atoms with E-state index in [0.717, 1.165) is 0 Å². The highest BCUT2D eigenvalue weighted by Gasteiger charge is 2.17. The van der Waals surface area contributed by atoms with Gasteiger partial charge in [0.05, 0.1) is 43.2 Å². The molecule has 0 aliphatic rings. The summed E-state index contributed by atoms with van der Waals surface area (Å²) in [5.41, 5.74) is 0.650. The minimum Gasteiger partial charge on any atom is -0.495 e. The number of nitrogens with one attached hydrogen (secondary N) is 1. The summed E-state index contributed by atoms with van der Waals surface area (Å²) in [6.45, 7) is 4.46. The second-order valence-corrected chi connectivity index (χ2v) is 6.82. The number of carbonyl (C=O) groups is 1. The fraction of sp³-hybridized carbons (Fsp3) is 0.273. The molecule has 0 saturated heterocycles. The Hall–Kier alpha value is -3.08. The number of benzene rings is 2. The lowest BCUT2D eigenvalue weighted by Gasteiger charge is -2.14. The van der Waals surface area contributed by atoms with Crippen molar-refractivity contribution in [2.45, 2.75) is 13.8 Å². The summed E-state index contributed by atoms with van der Waals surface area (Å²) in [6.07, 6.45) is 1.40. The monoisotopic (exact) mass is 464 g/mol. The van der Waals surface area contributed by atoms with Crippen LogP contribution in [0, 0.1) is 11.3 Å². The maximum absolute atomic E-state index is 12.7. The predicted octanol–water partition coefficient (Wildman–Crippen LogP) is 5.35. The van der Waals surface area contributed by atoms with Crippen LogP contribution in [0.2, 0.25) is 10.0 Å². The number of nitriles is 1. The van der Waals surface area contributed by atoms with E-state index in [-0.39, 0.29) is 5.57 Å². The number of ether oxygens (including phenoxy) is 4. The average Bonchev–Trinajstić information content (AvgIpc) is 2.75. The Bertz CT molecular complexity index is 1030.